The number of hydrogen-bond donors (Lipinski definition) is 1. The lowest BCUT2D eigenvalue weighted by Crippen LogP contribution is -2.14. The molecule has 0 radical (unpaired) electrons. The molecule has 1 N–H and O–H groups in total. The summed E-state index contributed by atoms with van der Waals surface area (Å²) < 4.78 is 0. The molecule has 0 aliphatic carbocycles. The maximum atomic E-state index is 5.61. The van der Waals surface area contributed by atoms with Crippen molar-refractivity contribution in [3.8, 4) is 0 Å². The fourth-order valence-electron chi connectivity index (χ4n) is 1.75. The molecule has 1 aromatic rings. The topological polar surface area (TPSA) is 12.0 Å². The van der Waals surface area contributed by atoms with Gasteiger partial charge in [0, 0.05) is 12.4 Å². The van der Waals surface area contributed by atoms with E-state index in [4.69, 9.17) is 11.6 Å². The van der Waals surface area contributed by atoms with E-state index < -0.39 is 0 Å². The second-order valence-electron chi connectivity index (χ2n) is 4.07. The van der Waals surface area contributed by atoms with E-state index in [-0.39, 0.29) is 0 Å². The van der Waals surface area contributed by atoms with Crippen LogP contribution in [0.2, 0.25) is 0 Å². The van der Waals surface area contributed by atoms with Gasteiger partial charge in [0.1, 0.15) is 0 Å². The molecule has 2 heteroatoms. The van der Waals surface area contributed by atoms with Crippen LogP contribution in [0.15, 0.2) is 18.2 Å². The lowest BCUT2D eigenvalue weighted by atomic mass is 10.1. The Balaban J connectivity index is 2.31. The Bertz CT molecular complexity index is 276. The summed E-state index contributed by atoms with van der Waals surface area (Å²) in [6, 6.07) is 6.68. The minimum Gasteiger partial charge on any atom is -0.313 e. The molecule has 0 amide bonds. The van der Waals surface area contributed by atoms with E-state index in [0.717, 1.165) is 31.8 Å². The van der Waals surface area contributed by atoms with E-state index >= 15 is 0 Å². The molecule has 0 saturated carbocycles. The Morgan fingerprint density at radius 2 is 1.73 bits per heavy atom. The van der Waals surface area contributed by atoms with Crippen LogP contribution in [0.5, 0.6) is 0 Å². The third-order valence-electron chi connectivity index (χ3n) is 2.35. The van der Waals surface area contributed by atoms with Gasteiger partial charge in [-0.3, -0.25) is 0 Å². The van der Waals surface area contributed by atoms with Gasteiger partial charge in [-0.15, -0.1) is 11.6 Å². The van der Waals surface area contributed by atoms with E-state index in [1.54, 1.807) is 0 Å². The van der Waals surface area contributed by atoms with Gasteiger partial charge in [0.25, 0.3) is 0 Å². The largest absolute Gasteiger partial charge is 0.313 e. The first-order valence-electron chi connectivity index (χ1n) is 5.56. The Kier molecular flexibility index (Phi) is 5.74. The van der Waals surface area contributed by atoms with Crippen molar-refractivity contribution in [3.63, 3.8) is 0 Å². The van der Waals surface area contributed by atoms with Crippen LogP contribution < -0.4 is 5.32 Å². The summed E-state index contributed by atoms with van der Waals surface area (Å²) in [5, 5.41) is 3.43. The molecule has 0 aromatic heterocycles. The van der Waals surface area contributed by atoms with Gasteiger partial charge in [-0.1, -0.05) is 29.3 Å². The van der Waals surface area contributed by atoms with Crippen molar-refractivity contribution in [2.75, 3.05) is 12.4 Å². The molecule has 1 aromatic carbocycles. The van der Waals surface area contributed by atoms with E-state index in [1.807, 2.05) is 0 Å². The maximum absolute atomic E-state index is 5.61. The maximum Gasteiger partial charge on any atom is 0.0223 e. The number of halogens is 1. The Labute approximate surface area is 97.8 Å². The number of rotatable bonds is 6. The molecule has 1 rings (SSSR count). The first kappa shape index (κ1) is 12.5. The van der Waals surface area contributed by atoms with Crippen LogP contribution in [0.3, 0.4) is 0 Å². The lowest BCUT2D eigenvalue weighted by Gasteiger charge is -2.06. The number of hydrogen-bond acceptors (Lipinski definition) is 1. The zero-order valence-corrected chi connectivity index (χ0v) is 10.4. The van der Waals surface area contributed by atoms with Crippen LogP contribution >= 0.6 is 11.6 Å². The molecule has 0 heterocycles. The van der Waals surface area contributed by atoms with Crippen molar-refractivity contribution < 1.29 is 0 Å². The van der Waals surface area contributed by atoms with Crippen LogP contribution in [0.1, 0.15) is 29.5 Å². The van der Waals surface area contributed by atoms with Gasteiger partial charge < -0.3 is 5.32 Å². The zero-order chi connectivity index (χ0) is 11.1. The first-order chi connectivity index (χ1) is 7.22. The van der Waals surface area contributed by atoms with E-state index in [1.165, 1.54) is 16.7 Å². The van der Waals surface area contributed by atoms with Crippen molar-refractivity contribution in [1.82, 2.24) is 5.32 Å². The number of aryl methyl sites for hydroxylation is 2. The van der Waals surface area contributed by atoms with Gasteiger partial charge in [0.2, 0.25) is 0 Å². The standard InChI is InChI=1S/C13H20ClN/c1-11-7-12(2)9-13(8-11)10-15-6-4-3-5-14/h7-9,15H,3-6,10H2,1-2H3. The SMILES string of the molecule is Cc1cc(C)cc(CNCCCCCl)c1. The monoisotopic (exact) mass is 225 g/mol. The number of nitrogens with one attached hydrogen (secondary N) is 1. The molecule has 0 unspecified atom stereocenters. The van der Waals surface area contributed by atoms with Crippen molar-refractivity contribution in [2.45, 2.75) is 33.2 Å². The van der Waals surface area contributed by atoms with Crippen molar-refractivity contribution >= 4 is 11.6 Å². The molecule has 1 nitrogen and oxygen atoms in total. The molecular formula is C13H20ClN. The Hall–Kier alpha value is -0.530. The van der Waals surface area contributed by atoms with Crippen LogP contribution in [-0.4, -0.2) is 12.4 Å². The molecule has 84 valence electrons. The van der Waals surface area contributed by atoms with Gasteiger partial charge in [-0.25, -0.2) is 0 Å². The summed E-state index contributed by atoms with van der Waals surface area (Å²) >= 11 is 5.61. The fourth-order valence-corrected chi connectivity index (χ4v) is 1.94. The summed E-state index contributed by atoms with van der Waals surface area (Å²) in [5.41, 5.74) is 4.05. The zero-order valence-electron chi connectivity index (χ0n) is 9.65. The van der Waals surface area contributed by atoms with Crippen molar-refractivity contribution in [1.29, 1.82) is 0 Å². The summed E-state index contributed by atoms with van der Waals surface area (Å²) in [5.74, 6) is 0.769. The van der Waals surface area contributed by atoms with Gasteiger partial charge in [-0.05, 0) is 38.8 Å². The Morgan fingerprint density at radius 1 is 1.07 bits per heavy atom. The van der Waals surface area contributed by atoms with Crippen LogP contribution in [-0.2, 0) is 6.54 Å². The molecule has 0 bridgehead atoms. The number of benzene rings is 1. The normalized spacial score (nSPS) is 10.6. The molecular weight excluding hydrogens is 206 g/mol. The molecule has 0 saturated heterocycles. The van der Waals surface area contributed by atoms with Crippen molar-refractivity contribution in [3.05, 3.63) is 34.9 Å². The van der Waals surface area contributed by atoms with Crippen LogP contribution in [0.25, 0.3) is 0 Å². The van der Waals surface area contributed by atoms with E-state index in [0.29, 0.717) is 0 Å². The lowest BCUT2D eigenvalue weighted by molar-refractivity contribution is 0.642. The first-order valence-corrected chi connectivity index (χ1v) is 6.09. The number of unbranched alkanes of at least 4 members (excludes halogenated alkanes) is 1. The minimum atomic E-state index is 0.769. The molecule has 15 heavy (non-hydrogen) atoms. The van der Waals surface area contributed by atoms with Gasteiger partial charge in [-0.2, -0.15) is 0 Å². The average molecular weight is 226 g/mol. The van der Waals surface area contributed by atoms with E-state index in [9.17, 15) is 0 Å². The summed E-state index contributed by atoms with van der Waals surface area (Å²) in [7, 11) is 0. The highest BCUT2D eigenvalue weighted by Gasteiger charge is 1.95. The highest BCUT2D eigenvalue weighted by Crippen LogP contribution is 2.08. The van der Waals surface area contributed by atoms with E-state index in [2.05, 4.69) is 37.4 Å². The summed E-state index contributed by atoms with van der Waals surface area (Å²) in [4.78, 5) is 0. The second kappa shape index (κ2) is 6.86. The quantitative estimate of drug-likeness (QED) is 0.578. The van der Waals surface area contributed by atoms with Crippen LogP contribution in [0.4, 0.5) is 0 Å². The molecule has 0 spiro atoms. The second-order valence-corrected chi connectivity index (χ2v) is 4.45. The summed E-state index contributed by atoms with van der Waals surface area (Å²) in [6.07, 6.45) is 2.26. The smallest absolute Gasteiger partial charge is 0.0223 e. The Morgan fingerprint density at radius 3 is 2.33 bits per heavy atom. The summed E-state index contributed by atoms with van der Waals surface area (Å²) in [6.45, 7) is 6.30. The molecule has 0 aliphatic rings. The molecule has 0 atom stereocenters. The van der Waals surface area contributed by atoms with Gasteiger partial charge in [0.05, 0.1) is 0 Å². The molecule has 0 aliphatic heterocycles. The predicted molar refractivity (Wildman–Crippen MR) is 67.6 cm³/mol. The minimum absolute atomic E-state index is 0.769. The highest BCUT2D eigenvalue weighted by molar-refractivity contribution is 6.17. The highest BCUT2D eigenvalue weighted by atomic mass is 35.5. The molecule has 0 fully saturated rings. The van der Waals surface area contributed by atoms with Crippen molar-refractivity contribution in [2.24, 2.45) is 0 Å². The van der Waals surface area contributed by atoms with Crippen LogP contribution in [0, 0.1) is 13.8 Å². The van der Waals surface area contributed by atoms with Gasteiger partial charge in [0.15, 0.2) is 0 Å². The third-order valence-corrected chi connectivity index (χ3v) is 2.62. The fraction of sp³-hybridized carbons (Fsp3) is 0.538. The average Bonchev–Trinajstić information content (AvgIpc) is 2.16. The predicted octanol–water partition coefficient (Wildman–Crippen LogP) is 3.41. The third kappa shape index (κ3) is 5.19. The number of alkyl halides is 1. The van der Waals surface area contributed by atoms with Gasteiger partial charge >= 0.3 is 0 Å².